The molecule has 1 amide bonds. The molecular weight excluding hydrogens is 243 g/mol. The Labute approximate surface area is 112 Å². The zero-order valence-electron chi connectivity index (χ0n) is 11.3. The number of likely N-dealkylation sites (tertiary alicyclic amines) is 1. The Kier molecular flexibility index (Phi) is 3.05. The van der Waals surface area contributed by atoms with Crippen LogP contribution in [0, 0.1) is 24.6 Å². The first-order valence-corrected chi connectivity index (χ1v) is 6.86. The smallest absolute Gasteiger partial charge is 0.257 e. The molecule has 3 rings (SSSR count). The molecule has 19 heavy (non-hydrogen) atoms. The minimum absolute atomic E-state index is 0.164. The molecule has 0 spiro atoms. The Bertz CT molecular complexity index is 517. The van der Waals surface area contributed by atoms with Gasteiger partial charge in [-0.2, -0.15) is 0 Å². The minimum atomic E-state index is -0.380. The quantitative estimate of drug-likeness (QED) is 0.837. The fraction of sp³-hybridized carbons (Fsp3) is 0.533. The van der Waals surface area contributed by atoms with Crippen LogP contribution in [0.25, 0.3) is 0 Å². The highest BCUT2D eigenvalue weighted by atomic mass is 19.1. The largest absolute Gasteiger partial charge is 0.335 e. The molecule has 0 aromatic heterocycles. The molecule has 3 nitrogen and oxygen atoms in total. The standard InChI is InChI=1S/C15H19FN2O/c1-9-4-3-5-12(14(9)16)15(19)18-8-11-6-17-7-13(11)10(18)2/h3-5,10-11,13,17H,6-8H2,1-2H3. The van der Waals surface area contributed by atoms with Gasteiger partial charge in [-0.3, -0.25) is 4.79 Å². The van der Waals surface area contributed by atoms with Gasteiger partial charge in [-0.05, 0) is 37.3 Å². The van der Waals surface area contributed by atoms with Crippen molar-refractivity contribution in [3.05, 3.63) is 35.1 Å². The lowest BCUT2D eigenvalue weighted by Crippen LogP contribution is -2.38. The molecule has 1 N–H and O–H groups in total. The second-order valence-electron chi connectivity index (χ2n) is 5.72. The monoisotopic (exact) mass is 262 g/mol. The van der Waals surface area contributed by atoms with Crippen LogP contribution in [-0.2, 0) is 0 Å². The second-order valence-corrected chi connectivity index (χ2v) is 5.72. The maximum atomic E-state index is 14.1. The predicted molar refractivity (Wildman–Crippen MR) is 71.5 cm³/mol. The van der Waals surface area contributed by atoms with Crippen LogP contribution in [0.15, 0.2) is 18.2 Å². The first-order chi connectivity index (χ1) is 9.09. The molecule has 1 aromatic carbocycles. The molecule has 2 heterocycles. The van der Waals surface area contributed by atoms with E-state index in [0.717, 1.165) is 19.6 Å². The van der Waals surface area contributed by atoms with Crippen molar-refractivity contribution in [2.75, 3.05) is 19.6 Å². The summed E-state index contributed by atoms with van der Waals surface area (Å²) in [7, 11) is 0. The summed E-state index contributed by atoms with van der Waals surface area (Å²) in [4.78, 5) is 14.4. The lowest BCUT2D eigenvalue weighted by molar-refractivity contribution is 0.0723. The van der Waals surface area contributed by atoms with Crippen molar-refractivity contribution in [1.82, 2.24) is 10.2 Å². The number of benzene rings is 1. The molecule has 102 valence electrons. The molecule has 1 aromatic rings. The zero-order chi connectivity index (χ0) is 13.6. The van der Waals surface area contributed by atoms with Crippen LogP contribution in [0.1, 0.15) is 22.8 Å². The third kappa shape index (κ3) is 1.94. The maximum absolute atomic E-state index is 14.1. The van der Waals surface area contributed by atoms with E-state index in [9.17, 15) is 9.18 Å². The van der Waals surface area contributed by atoms with E-state index in [-0.39, 0.29) is 23.3 Å². The Hall–Kier alpha value is -1.42. The number of amides is 1. The average molecular weight is 262 g/mol. The molecule has 0 aliphatic carbocycles. The van der Waals surface area contributed by atoms with Crippen LogP contribution in [0.3, 0.4) is 0 Å². The summed E-state index contributed by atoms with van der Waals surface area (Å²) in [5.74, 6) is 0.488. The number of rotatable bonds is 1. The number of carbonyl (C=O) groups is 1. The van der Waals surface area contributed by atoms with Gasteiger partial charge in [-0.15, -0.1) is 0 Å². The van der Waals surface area contributed by atoms with Gasteiger partial charge in [-0.1, -0.05) is 12.1 Å². The molecule has 0 bridgehead atoms. The van der Waals surface area contributed by atoms with Gasteiger partial charge in [0.2, 0.25) is 0 Å². The lowest BCUT2D eigenvalue weighted by atomic mass is 9.95. The molecular formula is C15H19FN2O. The van der Waals surface area contributed by atoms with E-state index < -0.39 is 0 Å². The molecule has 3 unspecified atom stereocenters. The van der Waals surface area contributed by atoms with Crippen molar-refractivity contribution in [3.63, 3.8) is 0 Å². The molecule has 0 radical (unpaired) electrons. The van der Waals surface area contributed by atoms with Gasteiger partial charge in [-0.25, -0.2) is 4.39 Å². The summed E-state index contributed by atoms with van der Waals surface area (Å²) in [6.07, 6.45) is 0. The first kappa shape index (κ1) is 12.6. The number of nitrogens with zero attached hydrogens (tertiary/aromatic N) is 1. The van der Waals surface area contributed by atoms with Crippen LogP contribution in [0.2, 0.25) is 0 Å². The topological polar surface area (TPSA) is 32.3 Å². The van der Waals surface area contributed by atoms with E-state index in [2.05, 4.69) is 12.2 Å². The fourth-order valence-electron chi connectivity index (χ4n) is 3.40. The lowest BCUT2D eigenvalue weighted by Gasteiger charge is -2.25. The highest BCUT2D eigenvalue weighted by molar-refractivity contribution is 5.95. The van der Waals surface area contributed by atoms with E-state index >= 15 is 0 Å². The second kappa shape index (κ2) is 4.60. The molecule has 2 aliphatic heterocycles. The Morgan fingerprint density at radius 3 is 2.95 bits per heavy atom. The zero-order valence-corrected chi connectivity index (χ0v) is 11.3. The SMILES string of the molecule is Cc1cccc(C(=O)N2CC3CNCC3C2C)c1F. The number of carbonyl (C=O) groups excluding carboxylic acids is 1. The van der Waals surface area contributed by atoms with E-state index in [1.54, 1.807) is 25.1 Å². The highest BCUT2D eigenvalue weighted by Gasteiger charge is 2.44. The van der Waals surface area contributed by atoms with Crippen molar-refractivity contribution in [2.24, 2.45) is 11.8 Å². The van der Waals surface area contributed by atoms with E-state index in [0.29, 0.717) is 17.4 Å². The maximum Gasteiger partial charge on any atom is 0.257 e. The van der Waals surface area contributed by atoms with Crippen LogP contribution >= 0.6 is 0 Å². The fourth-order valence-corrected chi connectivity index (χ4v) is 3.40. The van der Waals surface area contributed by atoms with Gasteiger partial charge in [0.05, 0.1) is 5.56 Å². The number of hydrogen-bond acceptors (Lipinski definition) is 2. The number of fused-ring (bicyclic) bond motifs is 1. The summed E-state index contributed by atoms with van der Waals surface area (Å²) in [5, 5.41) is 3.36. The van der Waals surface area contributed by atoms with Crippen LogP contribution in [-0.4, -0.2) is 36.5 Å². The summed E-state index contributed by atoms with van der Waals surface area (Å²) < 4.78 is 14.1. The Morgan fingerprint density at radius 1 is 1.42 bits per heavy atom. The van der Waals surface area contributed by atoms with E-state index in [1.807, 2.05) is 4.90 Å². The van der Waals surface area contributed by atoms with Gasteiger partial charge in [0.25, 0.3) is 5.91 Å². The first-order valence-electron chi connectivity index (χ1n) is 6.86. The number of aryl methyl sites for hydroxylation is 1. The van der Waals surface area contributed by atoms with Gasteiger partial charge in [0.1, 0.15) is 5.82 Å². The highest BCUT2D eigenvalue weighted by Crippen LogP contribution is 2.33. The number of nitrogens with one attached hydrogen (secondary N) is 1. The Balaban J connectivity index is 1.87. The summed E-state index contributed by atoms with van der Waals surface area (Å²) in [5.41, 5.74) is 0.736. The molecule has 2 saturated heterocycles. The minimum Gasteiger partial charge on any atom is -0.335 e. The number of hydrogen-bond donors (Lipinski definition) is 1. The van der Waals surface area contributed by atoms with Gasteiger partial charge >= 0.3 is 0 Å². The Morgan fingerprint density at radius 2 is 2.21 bits per heavy atom. The van der Waals surface area contributed by atoms with Crippen molar-refractivity contribution < 1.29 is 9.18 Å². The van der Waals surface area contributed by atoms with Crippen molar-refractivity contribution in [3.8, 4) is 0 Å². The summed E-state index contributed by atoms with van der Waals surface area (Å²) in [6, 6.07) is 5.21. The van der Waals surface area contributed by atoms with E-state index in [4.69, 9.17) is 0 Å². The van der Waals surface area contributed by atoms with Gasteiger partial charge in [0.15, 0.2) is 0 Å². The van der Waals surface area contributed by atoms with Crippen LogP contribution in [0.4, 0.5) is 4.39 Å². The van der Waals surface area contributed by atoms with E-state index in [1.165, 1.54) is 0 Å². The van der Waals surface area contributed by atoms with Gasteiger partial charge < -0.3 is 10.2 Å². The van der Waals surface area contributed by atoms with Gasteiger partial charge in [0, 0.05) is 25.7 Å². The third-order valence-electron chi connectivity index (χ3n) is 4.62. The molecule has 2 aliphatic rings. The predicted octanol–water partition coefficient (Wildman–Crippen LogP) is 1.81. The van der Waals surface area contributed by atoms with Crippen LogP contribution < -0.4 is 5.32 Å². The summed E-state index contributed by atoms with van der Waals surface area (Å²) >= 11 is 0. The molecule has 2 fully saturated rings. The molecule has 4 heteroatoms. The molecule has 0 saturated carbocycles. The van der Waals surface area contributed by atoms with Crippen molar-refractivity contribution in [2.45, 2.75) is 19.9 Å². The normalized spacial score (nSPS) is 29.6. The number of halogens is 1. The summed E-state index contributed by atoms with van der Waals surface area (Å²) in [6.45, 7) is 6.44. The molecule has 3 atom stereocenters. The van der Waals surface area contributed by atoms with Crippen molar-refractivity contribution >= 4 is 5.91 Å². The van der Waals surface area contributed by atoms with Crippen LogP contribution in [0.5, 0.6) is 0 Å². The average Bonchev–Trinajstić information content (AvgIpc) is 2.96. The van der Waals surface area contributed by atoms with Crippen molar-refractivity contribution in [1.29, 1.82) is 0 Å². The third-order valence-corrected chi connectivity index (χ3v) is 4.62.